The van der Waals surface area contributed by atoms with Gasteiger partial charge in [0.15, 0.2) is 0 Å². The van der Waals surface area contributed by atoms with E-state index in [9.17, 15) is 5.11 Å². The van der Waals surface area contributed by atoms with E-state index in [-0.39, 0.29) is 5.41 Å². The van der Waals surface area contributed by atoms with Crippen molar-refractivity contribution in [1.82, 2.24) is 0 Å². The van der Waals surface area contributed by atoms with Crippen LogP contribution in [0, 0.1) is 17.3 Å². The maximum atomic E-state index is 9.97. The molecule has 1 heteroatoms. The van der Waals surface area contributed by atoms with Crippen molar-refractivity contribution < 1.29 is 5.11 Å². The number of rotatable bonds is 4. The highest BCUT2D eigenvalue weighted by molar-refractivity contribution is 5.18. The van der Waals surface area contributed by atoms with E-state index in [1.54, 1.807) is 0 Å². The molecule has 0 aliphatic carbocycles. The predicted octanol–water partition coefficient (Wildman–Crippen LogP) is 3.92. The molecule has 16 heavy (non-hydrogen) atoms. The number of aliphatic hydroxyl groups is 1. The summed E-state index contributed by atoms with van der Waals surface area (Å²) in [6.45, 7) is 14.5. The lowest BCUT2D eigenvalue weighted by atomic mass is 9.87. The van der Waals surface area contributed by atoms with Crippen LogP contribution in [0.5, 0.6) is 0 Å². The third-order valence-electron chi connectivity index (χ3n) is 2.61. The summed E-state index contributed by atoms with van der Waals surface area (Å²) in [6, 6.07) is 0. The van der Waals surface area contributed by atoms with Gasteiger partial charge in [0.05, 0.1) is 0 Å². The van der Waals surface area contributed by atoms with Crippen molar-refractivity contribution in [1.29, 1.82) is 0 Å². The largest absolute Gasteiger partial charge is 0.378 e. The Hall–Kier alpha value is -0.740. The van der Waals surface area contributed by atoms with Crippen LogP contribution >= 0.6 is 0 Å². The molecule has 0 unspecified atom stereocenters. The molecule has 0 aromatic carbocycles. The van der Waals surface area contributed by atoms with Gasteiger partial charge in [-0.15, -0.1) is 0 Å². The molecule has 0 aliphatic heterocycles. The molecule has 92 valence electrons. The van der Waals surface area contributed by atoms with E-state index in [4.69, 9.17) is 0 Å². The summed E-state index contributed by atoms with van der Waals surface area (Å²) < 4.78 is 0. The number of hydrogen-bond donors (Lipinski definition) is 1. The lowest BCUT2D eigenvalue weighted by Crippen LogP contribution is -2.23. The van der Waals surface area contributed by atoms with Gasteiger partial charge in [-0.1, -0.05) is 58.6 Å². The fourth-order valence-corrected chi connectivity index (χ4v) is 1.57. The van der Waals surface area contributed by atoms with E-state index in [1.165, 1.54) is 0 Å². The second kappa shape index (κ2) is 6.11. The zero-order valence-corrected chi connectivity index (χ0v) is 11.5. The van der Waals surface area contributed by atoms with Gasteiger partial charge < -0.3 is 5.11 Å². The molecule has 0 aliphatic rings. The highest BCUT2D eigenvalue weighted by Crippen LogP contribution is 2.24. The first-order valence-corrected chi connectivity index (χ1v) is 6.11. The monoisotopic (exact) mass is 222 g/mol. The van der Waals surface area contributed by atoms with Crippen molar-refractivity contribution in [3.63, 3.8) is 0 Å². The molecular weight excluding hydrogens is 196 g/mol. The summed E-state index contributed by atoms with van der Waals surface area (Å²) in [7, 11) is 0. The number of hydrogen-bond acceptors (Lipinski definition) is 1. The van der Waals surface area contributed by atoms with E-state index < -0.39 is 5.60 Å². The van der Waals surface area contributed by atoms with Gasteiger partial charge in [0.25, 0.3) is 0 Å². The van der Waals surface area contributed by atoms with Crippen LogP contribution in [0.3, 0.4) is 0 Å². The maximum Gasteiger partial charge on any atom is 0.125 e. The molecule has 0 aromatic rings. The first kappa shape index (κ1) is 15.3. The molecule has 0 bridgehead atoms. The van der Waals surface area contributed by atoms with Crippen LogP contribution in [-0.4, -0.2) is 10.7 Å². The molecule has 0 heterocycles. The predicted molar refractivity (Wildman–Crippen MR) is 71.1 cm³/mol. The second-order valence-corrected chi connectivity index (χ2v) is 5.70. The van der Waals surface area contributed by atoms with Crippen molar-refractivity contribution in [3.05, 3.63) is 12.2 Å². The van der Waals surface area contributed by atoms with Gasteiger partial charge in [-0.25, -0.2) is 0 Å². The normalized spacial score (nSPS) is 11.9. The Labute approximate surface area is 101 Å². The van der Waals surface area contributed by atoms with Gasteiger partial charge >= 0.3 is 0 Å². The smallest absolute Gasteiger partial charge is 0.125 e. The average molecular weight is 222 g/mol. The summed E-state index contributed by atoms with van der Waals surface area (Å²) >= 11 is 0. The van der Waals surface area contributed by atoms with Crippen molar-refractivity contribution in [3.8, 4) is 11.8 Å². The Morgan fingerprint density at radius 1 is 1.19 bits per heavy atom. The van der Waals surface area contributed by atoms with Gasteiger partial charge in [-0.3, -0.25) is 0 Å². The Morgan fingerprint density at radius 3 is 2.06 bits per heavy atom. The van der Waals surface area contributed by atoms with Gasteiger partial charge in [-0.2, -0.15) is 0 Å². The molecule has 1 N–H and O–H groups in total. The Kier molecular flexibility index (Phi) is 5.83. The third kappa shape index (κ3) is 6.69. The van der Waals surface area contributed by atoms with E-state index in [1.807, 2.05) is 13.8 Å². The van der Waals surface area contributed by atoms with Crippen LogP contribution in [0.25, 0.3) is 0 Å². The van der Waals surface area contributed by atoms with Crippen LogP contribution in [-0.2, 0) is 0 Å². The molecule has 0 saturated heterocycles. The fraction of sp³-hybridized carbons (Fsp3) is 0.733. The molecule has 0 amide bonds. The van der Waals surface area contributed by atoms with Crippen LogP contribution in [0.4, 0.5) is 0 Å². The zero-order chi connectivity index (χ0) is 12.8. The van der Waals surface area contributed by atoms with Crippen LogP contribution in [0.1, 0.15) is 60.3 Å². The minimum Gasteiger partial charge on any atom is -0.378 e. The molecule has 0 atom stereocenters. The number of allylic oxidation sites excluding steroid dienone is 1. The lowest BCUT2D eigenvalue weighted by Gasteiger charge is -2.19. The first-order valence-electron chi connectivity index (χ1n) is 6.11. The Morgan fingerprint density at radius 2 is 1.69 bits per heavy atom. The Balaban J connectivity index is 4.25. The van der Waals surface area contributed by atoms with E-state index >= 15 is 0 Å². The van der Waals surface area contributed by atoms with Gasteiger partial charge in [0.1, 0.15) is 5.60 Å². The molecule has 0 fully saturated rings. The Bertz CT molecular complexity index is 279. The van der Waals surface area contributed by atoms with E-state index in [0.717, 1.165) is 12.0 Å². The molecule has 0 saturated carbocycles. The highest BCUT2D eigenvalue weighted by atomic mass is 16.3. The molecule has 0 radical (unpaired) electrons. The van der Waals surface area contributed by atoms with Crippen molar-refractivity contribution in [2.75, 3.05) is 0 Å². The van der Waals surface area contributed by atoms with Crippen molar-refractivity contribution in [2.45, 2.75) is 65.9 Å². The minimum absolute atomic E-state index is 0.268. The van der Waals surface area contributed by atoms with E-state index in [2.05, 4.69) is 39.2 Å². The lowest BCUT2D eigenvalue weighted by molar-refractivity contribution is 0.0930. The first-order chi connectivity index (χ1) is 7.22. The standard InChI is InChI=1S/C15H26O/c1-7-15(16,8-2)11-9-10-13(3)12-14(4,5)6/h16H,3,7-8,10,12H2,1-2,4-6H3. The van der Waals surface area contributed by atoms with Crippen LogP contribution in [0.15, 0.2) is 12.2 Å². The second-order valence-electron chi connectivity index (χ2n) is 5.70. The fourth-order valence-electron chi connectivity index (χ4n) is 1.57. The summed E-state index contributed by atoms with van der Waals surface area (Å²) in [4.78, 5) is 0. The summed E-state index contributed by atoms with van der Waals surface area (Å²) in [5.74, 6) is 6.01. The van der Waals surface area contributed by atoms with E-state index in [0.29, 0.717) is 19.3 Å². The third-order valence-corrected chi connectivity index (χ3v) is 2.61. The van der Waals surface area contributed by atoms with Crippen molar-refractivity contribution in [2.24, 2.45) is 5.41 Å². The molecule has 0 spiro atoms. The average Bonchev–Trinajstić information content (AvgIpc) is 2.14. The molecule has 1 nitrogen and oxygen atoms in total. The summed E-state index contributed by atoms with van der Waals surface area (Å²) in [6.07, 6.45) is 3.04. The minimum atomic E-state index is -0.804. The topological polar surface area (TPSA) is 20.2 Å². The maximum absolute atomic E-state index is 9.97. The highest BCUT2D eigenvalue weighted by Gasteiger charge is 2.18. The molecule has 0 aromatic heterocycles. The van der Waals surface area contributed by atoms with Crippen LogP contribution < -0.4 is 0 Å². The molecular formula is C15H26O. The van der Waals surface area contributed by atoms with Crippen molar-refractivity contribution >= 4 is 0 Å². The van der Waals surface area contributed by atoms with Gasteiger partial charge in [0, 0.05) is 6.42 Å². The zero-order valence-electron chi connectivity index (χ0n) is 11.5. The summed E-state index contributed by atoms with van der Waals surface area (Å²) in [5.41, 5.74) is 0.613. The quantitative estimate of drug-likeness (QED) is 0.564. The summed E-state index contributed by atoms with van der Waals surface area (Å²) in [5, 5.41) is 9.97. The van der Waals surface area contributed by atoms with Gasteiger partial charge in [0.2, 0.25) is 0 Å². The van der Waals surface area contributed by atoms with Crippen LogP contribution in [0.2, 0.25) is 0 Å². The molecule has 0 rings (SSSR count). The SMILES string of the molecule is C=C(CC#CC(O)(CC)CC)CC(C)(C)C. The van der Waals surface area contributed by atoms with Gasteiger partial charge in [-0.05, 0) is 24.7 Å².